The van der Waals surface area contributed by atoms with Crippen LogP contribution in [-0.4, -0.2) is 39.0 Å². The van der Waals surface area contributed by atoms with Crippen molar-refractivity contribution in [3.05, 3.63) is 0 Å². The average Bonchev–Trinajstić information content (AvgIpc) is 2.20. The molecular weight excluding hydrogens is 196 g/mol. The van der Waals surface area contributed by atoms with Crippen LogP contribution >= 0.6 is 0 Å². The van der Waals surface area contributed by atoms with Gasteiger partial charge in [-0.25, -0.2) is 0 Å². The minimum atomic E-state index is -0.235. The van der Waals surface area contributed by atoms with E-state index in [1.165, 1.54) is 7.11 Å². The molecule has 1 fully saturated rings. The Balaban J connectivity index is 2.23. The Morgan fingerprint density at radius 1 is 1.27 bits per heavy atom. The van der Waals surface area contributed by atoms with Crippen LogP contribution in [0.4, 0.5) is 0 Å². The maximum atomic E-state index is 11.2. The fourth-order valence-corrected chi connectivity index (χ4v) is 1.77. The number of esters is 1. The van der Waals surface area contributed by atoms with Gasteiger partial charge in [-0.1, -0.05) is 0 Å². The van der Waals surface area contributed by atoms with Gasteiger partial charge < -0.3 is 14.2 Å². The van der Waals surface area contributed by atoms with E-state index in [1.54, 1.807) is 7.11 Å². The molecule has 0 N–H and O–H groups in total. The van der Waals surface area contributed by atoms with Gasteiger partial charge in [-0.2, -0.15) is 0 Å². The van der Waals surface area contributed by atoms with Crippen LogP contribution in [0.5, 0.6) is 0 Å². The van der Waals surface area contributed by atoms with E-state index in [1.807, 2.05) is 0 Å². The van der Waals surface area contributed by atoms with Gasteiger partial charge in [0.05, 0.1) is 19.1 Å². The Morgan fingerprint density at radius 3 is 2.47 bits per heavy atom. The first kappa shape index (κ1) is 12.5. The lowest BCUT2D eigenvalue weighted by Gasteiger charge is -2.40. The predicted molar refractivity (Wildman–Crippen MR) is 55.7 cm³/mol. The van der Waals surface area contributed by atoms with Crippen molar-refractivity contribution in [3.8, 4) is 0 Å². The predicted octanol–water partition coefficient (Wildman–Crippen LogP) is 1.53. The van der Waals surface area contributed by atoms with Gasteiger partial charge in [0.25, 0.3) is 0 Å². The summed E-state index contributed by atoms with van der Waals surface area (Å²) in [4.78, 5) is 11.2. The lowest BCUT2D eigenvalue weighted by atomic mass is 9.77. The summed E-state index contributed by atoms with van der Waals surface area (Å²) in [7, 11) is 3.09. The molecule has 0 atom stereocenters. The number of carbonyl (C=O) groups is 1. The molecule has 4 nitrogen and oxygen atoms in total. The van der Waals surface area contributed by atoms with Gasteiger partial charge in [-0.15, -0.1) is 0 Å². The number of methoxy groups -OCH3 is 2. The summed E-state index contributed by atoms with van der Waals surface area (Å²) in [5.74, 6) is -0.179. The van der Waals surface area contributed by atoms with Crippen LogP contribution in [0, 0.1) is 0 Å². The zero-order valence-corrected chi connectivity index (χ0v) is 9.58. The van der Waals surface area contributed by atoms with E-state index >= 15 is 0 Å². The minimum absolute atomic E-state index is 0.179. The van der Waals surface area contributed by atoms with Crippen molar-refractivity contribution in [3.63, 3.8) is 0 Å². The van der Waals surface area contributed by atoms with Crippen molar-refractivity contribution in [1.82, 2.24) is 0 Å². The van der Waals surface area contributed by atoms with Crippen LogP contribution in [0.25, 0.3) is 0 Å². The molecule has 0 unspecified atom stereocenters. The summed E-state index contributed by atoms with van der Waals surface area (Å²) in [6.07, 6.45) is 4.33. The monoisotopic (exact) mass is 216 g/mol. The van der Waals surface area contributed by atoms with Crippen molar-refractivity contribution >= 4 is 5.97 Å². The number of carbonyl (C=O) groups excluding carboxylic acids is 1. The van der Waals surface area contributed by atoms with E-state index < -0.39 is 0 Å². The number of hydrogen-bond acceptors (Lipinski definition) is 4. The first-order valence-corrected chi connectivity index (χ1v) is 5.42. The van der Waals surface area contributed by atoms with Gasteiger partial charge in [0.15, 0.2) is 0 Å². The smallest absolute Gasteiger partial charge is 0.308 e. The van der Waals surface area contributed by atoms with E-state index in [-0.39, 0.29) is 11.6 Å². The van der Waals surface area contributed by atoms with Gasteiger partial charge in [0, 0.05) is 20.3 Å². The van der Waals surface area contributed by atoms with E-state index in [4.69, 9.17) is 9.47 Å². The standard InChI is InChI=1S/C11H20O4/c1-13-7-4-8-15-11(5-3-6-11)9-10(12)14-2/h3-9H2,1-2H3. The summed E-state index contributed by atoms with van der Waals surface area (Å²) in [5, 5.41) is 0. The summed E-state index contributed by atoms with van der Waals surface area (Å²) in [5.41, 5.74) is -0.235. The zero-order valence-electron chi connectivity index (χ0n) is 9.58. The van der Waals surface area contributed by atoms with Crippen LogP contribution in [0.15, 0.2) is 0 Å². The summed E-state index contributed by atoms with van der Waals surface area (Å²) in [6, 6.07) is 0. The third kappa shape index (κ3) is 3.80. The molecular formula is C11H20O4. The van der Waals surface area contributed by atoms with Gasteiger partial charge in [-0.05, 0) is 25.7 Å². The maximum Gasteiger partial charge on any atom is 0.308 e. The molecule has 0 heterocycles. The topological polar surface area (TPSA) is 44.8 Å². The van der Waals surface area contributed by atoms with Crippen molar-refractivity contribution in [2.45, 2.75) is 37.7 Å². The average molecular weight is 216 g/mol. The molecule has 4 heteroatoms. The van der Waals surface area contributed by atoms with Crippen LogP contribution in [-0.2, 0) is 19.0 Å². The highest BCUT2D eigenvalue weighted by molar-refractivity contribution is 5.70. The molecule has 0 radical (unpaired) electrons. The summed E-state index contributed by atoms with van der Waals surface area (Å²) >= 11 is 0. The second-order valence-corrected chi connectivity index (χ2v) is 3.98. The highest BCUT2D eigenvalue weighted by Crippen LogP contribution is 2.38. The van der Waals surface area contributed by atoms with E-state index in [0.29, 0.717) is 19.6 Å². The third-order valence-electron chi connectivity index (χ3n) is 2.86. The zero-order chi connectivity index (χ0) is 11.1. The highest BCUT2D eigenvalue weighted by atomic mass is 16.5. The van der Waals surface area contributed by atoms with Gasteiger partial charge in [0.1, 0.15) is 0 Å². The largest absolute Gasteiger partial charge is 0.469 e. The number of ether oxygens (including phenoxy) is 3. The molecule has 1 aliphatic carbocycles. The molecule has 0 bridgehead atoms. The van der Waals surface area contributed by atoms with Crippen molar-refractivity contribution in [2.75, 3.05) is 27.4 Å². The molecule has 15 heavy (non-hydrogen) atoms. The normalized spacial score (nSPS) is 18.3. The van der Waals surface area contributed by atoms with E-state index in [9.17, 15) is 4.79 Å². The number of rotatable bonds is 7. The third-order valence-corrected chi connectivity index (χ3v) is 2.86. The molecule has 0 saturated heterocycles. The molecule has 0 aromatic rings. The molecule has 0 spiro atoms. The van der Waals surface area contributed by atoms with E-state index in [2.05, 4.69) is 4.74 Å². The molecule has 0 amide bonds. The Labute approximate surface area is 90.9 Å². The second kappa shape index (κ2) is 6.08. The maximum absolute atomic E-state index is 11.2. The molecule has 0 aromatic carbocycles. The first-order valence-electron chi connectivity index (χ1n) is 5.42. The van der Waals surface area contributed by atoms with Gasteiger partial charge in [0.2, 0.25) is 0 Å². The molecule has 88 valence electrons. The van der Waals surface area contributed by atoms with Gasteiger partial charge >= 0.3 is 5.97 Å². The first-order chi connectivity index (χ1) is 7.22. The molecule has 1 aliphatic rings. The van der Waals surface area contributed by atoms with Crippen molar-refractivity contribution < 1.29 is 19.0 Å². The summed E-state index contributed by atoms with van der Waals surface area (Å²) in [6.45, 7) is 1.36. The SMILES string of the molecule is COCCCOC1(CC(=O)OC)CCC1. The fourth-order valence-electron chi connectivity index (χ4n) is 1.77. The van der Waals surface area contributed by atoms with Crippen LogP contribution < -0.4 is 0 Å². The van der Waals surface area contributed by atoms with Crippen LogP contribution in [0.1, 0.15) is 32.1 Å². The Bertz CT molecular complexity index is 199. The molecule has 1 saturated carbocycles. The Kier molecular flexibility index (Phi) is 5.05. The van der Waals surface area contributed by atoms with Gasteiger partial charge in [-0.3, -0.25) is 4.79 Å². The second-order valence-electron chi connectivity index (χ2n) is 3.98. The van der Waals surface area contributed by atoms with Crippen LogP contribution in [0.2, 0.25) is 0 Å². The summed E-state index contributed by atoms with van der Waals surface area (Å²) < 4.78 is 15.4. The van der Waals surface area contributed by atoms with Crippen molar-refractivity contribution in [2.24, 2.45) is 0 Å². The van der Waals surface area contributed by atoms with Crippen molar-refractivity contribution in [1.29, 1.82) is 0 Å². The minimum Gasteiger partial charge on any atom is -0.469 e. The van der Waals surface area contributed by atoms with Crippen LogP contribution in [0.3, 0.4) is 0 Å². The fraction of sp³-hybridized carbons (Fsp3) is 0.909. The molecule has 0 aromatic heterocycles. The lowest BCUT2D eigenvalue weighted by Crippen LogP contribution is -2.42. The molecule has 0 aliphatic heterocycles. The number of hydrogen-bond donors (Lipinski definition) is 0. The Morgan fingerprint density at radius 2 is 2.00 bits per heavy atom. The highest BCUT2D eigenvalue weighted by Gasteiger charge is 2.40. The lowest BCUT2D eigenvalue weighted by molar-refractivity contribution is -0.158. The molecule has 1 rings (SSSR count). The van der Waals surface area contributed by atoms with E-state index in [0.717, 1.165) is 25.7 Å². The quantitative estimate of drug-likeness (QED) is 0.478. The Hall–Kier alpha value is -0.610.